The van der Waals surface area contributed by atoms with Crippen molar-refractivity contribution in [2.45, 2.75) is 36.6 Å². The molecule has 1 aliphatic heterocycles. The lowest BCUT2D eigenvalue weighted by Gasteiger charge is -2.37. The smallest absolute Gasteiger partial charge is 0.328 e. The zero-order chi connectivity index (χ0) is 34.3. The summed E-state index contributed by atoms with van der Waals surface area (Å²) in [4.78, 5) is 39.2. The first kappa shape index (κ1) is 34.5. The summed E-state index contributed by atoms with van der Waals surface area (Å²) in [7, 11) is 4.68. The number of aliphatic hydroxyl groups is 1. The normalized spacial score (nSPS) is 19.2. The van der Waals surface area contributed by atoms with Gasteiger partial charge in [0, 0.05) is 13.3 Å². The van der Waals surface area contributed by atoms with Crippen molar-refractivity contribution in [3.8, 4) is 11.5 Å². The van der Waals surface area contributed by atoms with E-state index in [0.717, 1.165) is 21.3 Å². The van der Waals surface area contributed by atoms with Crippen LogP contribution in [-0.4, -0.2) is 80.0 Å². The predicted molar refractivity (Wildman–Crippen MR) is 174 cm³/mol. The summed E-state index contributed by atoms with van der Waals surface area (Å²) in [6.45, 7) is -0.340. The van der Waals surface area contributed by atoms with Crippen molar-refractivity contribution in [3.63, 3.8) is 0 Å². The molecular weight excluding hydrogens is 622 g/mol. The Morgan fingerprint density at radius 1 is 0.896 bits per heavy atom. The number of aromatic amines is 1. The first-order chi connectivity index (χ1) is 23.2. The Bertz CT molecular complexity index is 1730. The molecule has 4 N–H and O–H groups in total. The molecule has 4 atom stereocenters. The minimum atomic E-state index is -1.28. The monoisotopic (exact) mass is 661 g/mol. The van der Waals surface area contributed by atoms with Crippen LogP contribution in [-0.2, 0) is 35.9 Å². The van der Waals surface area contributed by atoms with Gasteiger partial charge in [-0.3, -0.25) is 19.1 Å². The van der Waals surface area contributed by atoms with Crippen molar-refractivity contribution >= 4 is 5.91 Å². The quantitative estimate of drug-likeness (QED) is 0.126. The summed E-state index contributed by atoms with van der Waals surface area (Å²) in [6, 6.07) is 24.6. The number of carbonyl (C=O) groups is 1. The molecule has 0 unspecified atom stereocenters. The first-order valence-electron chi connectivity index (χ1n) is 15.3. The molecule has 1 fully saturated rings. The van der Waals surface area contributed by atoms with E-state index in [2.05, 4.69) is 4.98 Å². The van der Waals surface area contributed by atoms with Gasteiger partial charge in [-0.1, -0.05) is 54.6 Å². The molecule has 254 valence electrons. The fourth-order valence-corrected chi connectivity index (χ4v) is 5.87. The van der Waals surface area contributed by atoms with Gasteiger partial charge >= 0.3 is 5.69 Å². The number of aliphatic hydroxyl groups excluding tert-OH is 1. The molecule has 1 aliphatic rings. The van der Waals surface area contributed by atoms with Crippen LogP contribution in [0, 0.1) is 0 Å². The van der Waals surface area contributed by atoms with Gasteiger partial charge in [-0.25, -0.2) is 4.79 Å². The van der Waals surface area contributed by atoms with Crippen LogP contribution in [0.15, 0.2) is 94.6 Å². The van der Waals surface area contributed by atoms with Crippen molar-refractivity contribution in [2.75, 3.05) is 41.2 Å². The van der Waals surface area contributed by atoms with Crippen molar-refractivity contribution in [1.29, 1.82) is 0 Å². The highest BCUT2D eigenvalue weighted by Gasteiger charge is 2.48. The molecule has 13 heteroatoms. The van der Waals surface area contributed by atoms with E-state index >= 15 is 0 Å². The molecule has 0 bridgehead atoms. The van der Waals surface area contributed by atoms with Gasteiger partial charge in [0.05, 0.1) is 39.6 Å². The van der Waals surface area contributed by atoms with E-state index in [-0.39, 0.29) is 25.4 Å². The summed E-state index contributed by atoms with van der Waals surface area (Å²) in [5, 5.41) is 11.6. The second-order valence-corrected chi connectivity index (χ2v) is 11.2. The summed E-state index contributed by atoms with van der Waals surface area (Å²) >= 11 is 0. The number of hydrogen-bond acceptors (Lipinski definition) is 10. The van der Waals surface area contributed by atoms with Crippen LogP contribution in [0.5, 0.6) is 11.5 Å². The number of hydrogen-bond donors (Lipinski definition) is 3. The molecule has 13 nitrogen and oxygen atoms in total. The lowest BCUT2D eigenvalue weighted by atomic mass is 9.80. The second kappa shape index (κ2) is 15.4. The van der Waals surface area contributed by atoms with Gasteiger partial charge in [0.2, 0.25) is 5.91 Å². The van der Waals surface area contributed by atoms with Crippen LogP contribution in [0.1, 0.15) is 28.4 Å². The molecule has 3 aromatic carbocycles. The number of benzene rings is 3. The molecule has 0 radical (unpaired) electrons. The minimum absolute atomic E-state index is 0.0283. The maximum absolute atomic E-state index is 13.1. The molecule has 2 heterocycles. The fourth-order valence-electron chi connectivity index (χ4n) is 5.87. The van der Waals surface area contributed by atoms with E-state index in [1.807, 2.05) is 78.9 Å². The molecule has 0 spiro atoms. The molecule has 0 aliphatic carbocycles. The molecule has 1 aromatic heterocycles. The molecule has 4 aromatic rings. The lowest BCUT2D eigenvalue weighted by Crippen LogP contribution is -2.40. The van der Waals surface area contributed by atoms with Gasteiger partial charge in [-0.2, -0.15) is 0 Å². The van der Waals surface area contributed by atoms with Gasteiger partial charge in [0.25, 0.3) is 5.56 Å². The summed E-state index contributed by atoms with van der Waals surface area (Å²) in [5.74, 6) is 0.537. The highest BCUT2D eigenvalue weighted by molar-refractivity contribution is 5.73. The number of nitrogens with two attached hydrogens (primary N) is 1. The third kappa shape index (κ3) is 7.20. The number of H-pyrrole nitrogens is 1. The van der Waals surface area contributed by atoms with Crippen molar-refractivity contribution in [2.24, 2.45) is 5.73 Å². The Hall–Kier alpha value is -4.79. The summed E-state index contributed by atoms with van der Waals surface area (Å²) in [5.41, 5.74) is 4.84. The number of carbonyl (C=O) groups excluding carboxylic acids is 1. The van der Waals surface area contributed by atoms with Crippen LogP contribution < -0.4 is 26.5 Å². The van der Waals surface area contributed by atoms with Crippen LogP contribution in [0.2, 0.25) is 0 Å². The lowest BCUT2D eigenvalue weighted by molar-refractivity contribution is -0.118. The van der Waals surface area contributed by atoms with Crippen LogP contribution in [0.3, 0.4) is 0 Å². The first-order valence-corrected chi connectivity index (χ1v) is 15.3. The fraction of sp³-hybridized carbons (Fsp3) is 0.343. The Labute approximate surface area is 276 Å². The summed E-state index contributed by atoms with van der Waals surface area (Å²) < 4.78 is 36.2. The van der Waals surface area contributed by atoms with E-state index in [4.69, 9.17) is 34.2 Å². The van der Waals surface area contributed by atoms with Crippen LogP contribution >= 0.6 is 0 Å². The SMILES string of the molecule is COCCO[C@@H]1[C@H](O)[C@@H](COC(c2ccccc2)(c2ccc(OC)cc2)c2ccc(OC)cc2)O[C@H]1c1cn(CC(N)=O)c(=O)[nH]c1=O. The molecule has 1 saturated heterocycles. The van der Waals surface area contributed by atoms with Gasteiger partial charge in [-0.15, -0.1) is 0 Å². The number of nitrogens with one attached hydrogen (secondary N) is 1. The number of aromatic nitrogens is 2. The van der Waals surface area contributed by atoms with Gasteiger partial charge < -0.3 is 39.3 Å². The van der Waals surface area contributed by atoms with E-state index in [9.17, 15) is 19.5 Å². The van der Waals surface area contributed by atoms with Crippen LogP contribution in [0.4, 0.5) is 0 Å². The highest BCUT2D eigenvalue weighted by atomic mass is 16.6. The third-order valence-electron chi connectivity index (χ3n) is 8.24. The van der Waals surface area contributed by atoms with Gasteiger partial charge in [-0.05, 0) is 41.0 Å². The second-order valence-electron chi connectivity index (χ2n) is 11.2. The number of primary amides is 1. The van der Waals surface area contributed by atoms with Crippen molar-refractivity contribution in [3.05, 3.63) is 128 Å². The average Bonchev–Trinajstić information content (AvgIpc) is 3.41. The molecule has 48 heavy (non-hydrogen) atoms. The number of nitrogens with zero attached hydrogens (tertiary/aromatic N) is 1. The minimum Gasteiger partial charge on any atom is -0.497 e. The van der Waals surface area contributed by atoms with E-state index in [1.54, 1.807) is 14.2 Å². The highest BCUT2D eigenvalue weighted by Crippen LogP contribution is 2.43. The van der Waals surface area contributed by atoms with E-state index in [1.165, 1.54) is 13.3 Å². The van der Waals surface area contributed by atoms with Crippen molar-refractivity contribution < 1.29 is 38.3 Å². The maximum Gasteiger partial charge on any atom is 0.328 e. The standard InChI is InChI=1S/C35H39N3O10/c1-43-17-18-46-32-30(40)28(48-31(32)27-19-38(20-29(36)39)34(42)37-33(27)41)21-47-35(22-7-5-4-6-8-22,23-9-13-25(44-2)14-10-23)24-11-15-26(45-3)16-12-24/h4-16,19,28,30-32,40H,17-18,20-21H2,1-3H3,(H2,36,39)(H,37,41,42)/t28-,30-,31+,32-/m1/s1. The number of rotatable bonds is 15. The number of methoxy groups -OCH3 is 3. The van der Waals surface area contributed by atoms with E-state index < -0.39 is 53.7 Å². The Balaban J connectivity index is 1.57. The van der Waals surface area contributed by atoms with Crippen molar-refractivity contribution in [1.82, 2.24) is 9.55 Å². The maximum atomic E-state index is 13.1. The van der Waals surface area contributed by atoms with Crippen LogP contribution in [0.25, 0.3) is 0 Å². The molecular formula is C35H39N3O10. The van der Waals surface area contributed by atoms with E-state index in [0.29, 0.717) is 11.5 Å². The number of amides is 1. The van der Waals surface area contributed by atoms with Gasteiger partial charge in [0.1, 0.15) is 48.1 Å². The predicted octanol–water partition coefficient (Wildman–Crippen LogP) is 1.88. The number of ether oxygens (including phenoxy) is 6. The zero-order valence-corrected chi connectivity index (χ0v) is 26.9. The summed E-state index contributed by atoms with van der Waals surface area (Å²) in [6.07, 6.45) is -3.27. The Morgan fingerprint density at radius 3 is 2.02 bits per heavy atom. The molecule has 5 rings (SSSR count). The Morgan fingerprint density at radius 2 is 1.48 bits per heavy atom. The van der Waals surface area contributed by atoms with Gasteiger partial charge in [0.15, 0.2) is 0 Å². The average molecular weight is 662 g/mol. The molecule has 1 amide bonds. The third-order valence-corrected chi connectivity index (χ3v) is 8.24. The topological polar surface area (TPSA) is 174 Å². The molecule has 0 saturated carbocycles. The Kier molecular flexibility index (Phi) is 11.1. The zero-order valence-electron chi connectivity index (χ0n) is 26.9. The largest absolute Gasteiger partial charge is 0.497 e.